The summed E-state index contributed by atoms with van der Waals surface area (Å²) in [4.78, 5) is 23.3. The average Bonchev–Trinajstić information content (AvgIpc) is 2.46. The van der Waals surface area contributed by atoms with Crippen LogP contribution in [0, 0.1) is 0 Å². The van der Waals surface area contributed by atoms with Gasteiger partial charge in [0.1, 0.15) is 0 Å². The van der Waals surface area contributed by atoms with Gasteiger partial charge >= 0.3 is 11.9 Å². The number of nitrogens with two attached hydrogens (primary N) is 2. The molecule has 2 aromatic rings. The topological polar surface area (TPSA) is 127 Å². The second-order valence-electron chi connectivity index (χ2n) is 4.97. The van der Waals surface area contributed by atoms with Crippen LogP contribution >= 0.6 is 0 Å². The van der Waals surface area contributed by atoms with E-state index in [1.54, 1.807) is 24.3 Å². The fourth-order valence-corrected chi connectivity index (χ4v) is 2.36. The quantitative estimate of drug-likeness (QED) is 0.624. The molecule has 2 rings (SSSR count). The fourth-order valence-electron chi connectivity index (χ4n) is 2.36. The number of aliphatic carboxylic acids is 2. The minimum Gasteiger partial charge on any atom is -0.481 e. The Morgan fingerprint density at radius 1 is 0.682 bits per heavy atom. The lowest BCUT2D eigenvalue weighted by Gasteiger charge is -2.21. The van der Waals surface area contributed by atoms with Gasteiger partial charge in [-0.05, 0) is 35.4 Å². The zero-order valence-electron chi connectivity index (χ0n) is 11.6. The van der Waals surface area contributed by atoms with E-state index in [9.17, 15) is 19.8 Å². The SMILES string of the molecule is Nc1ccc(C(C(=O)O)C(C(=O)O)c2ccc(N)cc2)cc1. The van der Waals surface area contributed by atoms with Crippen molar-refractivity contribution >= 4 is 23.3 Å². The van der Waals surface area contributed by atoms with Crippen molar-refractivity contribution in [1.29, 1.82) is 0 Å². The highest BCUT2D eigenvalue weighted by Gasteiger charge is 2.36. The number of hydrogen-bond donors (Lipinski definition) is 4. The van der Waals surface area contributed by atoms with Crippen LogP contribution in [-0.2, 0) is 9.59 Å². The summed E-state index contributed by atoms with van der Waals surface area (Å²) in [5, 5.41) is 19.0. The lowest BCUT2D eigenvalue weighted by Crippen LogP contribution is -2.26. The summed E-state index contributed by atoms with van der Waals surface area (Å²) < 4.78 is 0. The highest BCUT2D eigenvalue weighted by molar-refractivity contribution is 5.88. The van der Waals surface area contributed by atoms with Crippen molar-refractivity contribution in [2.24, 2.45) is 0 Å². The van der Waals surface area contributed by atoms with Crippen LogP contribution in [0.3, 0.4) is 0 Å². The van der Waals surface area contributed by atoms with Crippen LogP contribution in [0.15, 0.2) is 48.5 Å². The van der Waals surface area contributed by atoms with E-state index in [-0.39, 0.29) is 0 Å². The molecule has 0 fully saturated rings. The summed E-state index contributed by atoms with van der Waals surface area (Å²) in [5.41, 5.74) is 12.9. The molecule has 0 aliphatic carbocycles. The molecule has 2 aromatic carbocycles. The predicted molar refractivity (Wildman–Crippen MR) is 82.5 cm³/mol. The first-order chi connectivity index (χ1) is 10.4. The second-order valence-corrected chi connectivity index (χ2v) is 4.97. The molecule has 0 heterocycles. The molecule has 2 unspecified atom stereocenters. The van der Waals surface area contributed by atoms with Crippen LogP contribution in [0.2, 0.25) is 0 Å². The van der Waals surface area contributed by atoms with Crippen molar-refractivity contribution in [3.63, 3.8) is 0 Å². The number of carbonyl (C=O) groups is 2. The van der Waals surface area contributed by atoms with E-state index < -0.39 is 23.8 Å². The van der Waals surface area contributed by atoms with Crippen molar-refractivity contribution in [3.8, 4) is 0 Å². The lowest BCUT2D eigenvalue weighted by molar-refractivity contribution is -0.147. The van der Waals surface area contributed by atoms with E-state index in [4.69, 9.17) is 11.5 Å². The van der Waals surface area contributed by atoms with Crippen LogP contribution in [0.4, 0.5) is 11.4 Å². The van der Waals surface area contributed by atoms with Crippen LogP contribution in [0.1, 0.15) is 23.0 Å². The zero-order valence-corrected chi connectivity index (χ0v) is 11.6. The van der Waals surface area contributed by atoms with Gasteiger partial charge in [-0.3, -0.25) is 9.59 Å². The lowest BCUT2D eigenvalue weighted by atomic mass is 9.81. The van der Waals surface area contributed by atoms with Crippen molar-refractivity contribution in [2.75, 3.05) is 11.5 Å². The molecule has 0 aliphatic rings. The Bertz CT molecular complexity index is 619. The van der Waals surface area contributed by atoms with Crippen LogP contribution in [0.5, 0.6) is 0 Å². The summed E-state index contributed by atoms with van der Waals surface area (Å²) >= 11 is 0. The minimum atomic E-state index is -1.22. The Morgan fingerprint density at radius 3 is 1.18 bits per heavy atom. The summed E-state index contributed by atoms with van der Waals surface area (Å²) in [6.07, 6.45) is 0. The number of hydrogen-bond acceptors (Lipinski definition) is 4. The maximum Gasteiger partial charge on any atom is 0.312 e. The zero-order chi connectivity index (χ0) is 16.3. The molecule has 0 saturated heterocycles. The first kappa shape index (κ1) is 15.4. The van der Waals surface area contributed by atoms with E-state index in [1.165, 1.54) is 24.3 Å². The van der Waals surface area contributed by atoms with Crippen molar-refractivity contribution in [2.45, 2.75) is 11.8 Å². The molecule has 0 amide bonds. The van der Waals surface area contributed by atoms with E-state index in [0.717, 1.165) is 0 Å². The van der Waals surface area contributed by atoms with Crippen molar-refractivity contribution in [1.82, 2.24) is 0 Å². The number of carboxylic acid groups (broad SMARTS) is 2. The number of anilines is 2. The minimum absolute atomic E-state index is 0.380. The normalized spacial score (nSPS) is 13.3. The van der Waals surface area contributed by atoms with Gasteiger partial charge in [-0.15, -0.1) is 0 Å². The molecule has 0 saturated carbocycles. The Kier molecular flexibility index (Phi) is 4.31. The molecule has 6 nitrogen and oxygen atoms in total. The molecule has 0 aromatic heterocycles. The fraction of sp³-hybridized carbons (Fsp3) is 0.125. The van der Waals surface area contributed by atoms with E-state index in [1.807, 2.05) is 0 Å². The first-order valence-electron chi connectivity index (χ1n) is 6.56. The average molecular weight is 300 g/mol. The Labute approximate surface area is 127 Å². The molecule has 0 radical (unpaired) electrons. The Morgan fingerprint density at radius 2 is 0.955 bits per heavy atom. The highest BCUT2D eigenvalue weighted by atomic mass is 16.4. The van der Waals surface area contributed by atoms with Gasteiger partial charge in [0.25, 0.3) is 0 Å². The molecule has 0 aliphatic heterocycles. The molecule has 6 N–H and O–H groups in total. The number of carboxylic acids is 2. The number of rotatable bonds is 5. The molecule has 22 heavy (non-hydrogen) atoms. The number of nitrogen functional groups attached to an aromatic ring is 2. The van der Waals surface area contributed by atoms with Crippen molar-refractivity contribution in [3.05, 3.63) is 59.7 Å². The van der Waals surface area contributed by atoms with E-state index >= 15 is 0 Å². The van der Waals surface area contributed by atoms with Gasteiger partial charge in [0.15, 0.2) is 0 Å². The highest BCUT2D eigenvalue weighted by Crippen LogP contribution is 2.34. The summed E-state index contributed by atoms with van der Waals surface area (Å²) in [6.45, 7) is 0. The monoisotopic (exact) mass is 300 g/mol. The van der Waals surface area contributed by atoms with Gasteiger partial charge in [0.05, 0.1) is 11.8 Å². The van der Waals surface area contributed by atoms with Crippen molar-refractivity contribution < 1.29 is 19.8 Å². The Balaban J connectivity index is 2.51. The third-order valence-electron chi connectivity index (χ3n) is 3.46. The molecule has 114 valence electrons. The van der Waals surface area contributed by atoms with Gasteiger partial charge in [-0.25, -0.2) is 0 Å². The summed E-state index contributed by atoms with van der Waals surface area (Å²) in [5.74, 6) is -4.87. The standard InChI is InChI=1S/C16H16N2O4/c17-11-5-1-9(2-6-11)13(15(19)20)14(16(21)22)10-3-7-12(18)8-4-10/h1-8,13-14H,17-18H2,(H,19,20)(H,21,22). The van der Waals surface area contributed by atoms with Gasteiger partial charge < -0.3 is 21.7 Å². The van der Waals surface area contributed by atoms with Crippen LogP contribution in [-0.4, -0.2) is 22.2 Å². The van der Waals surface area contributed by atoms with E-state index in [0.29, 0.717) is 22.5 Å². The van der Waals surface area contributed by atoms with Gasteiger partial charge in [-0.2, -0.15) is 0 Å². The van der Waals surface area contributed by atoms with Crippen LogP contribution < -0.4 is 11.5 Å². The Hall–Kier alpha value is -3.02. The predicted octanol–water partition coefficient (Wildman–Crippen LogP) is 1.89. The second kappa shape index (κ2) is 6.17. The third-order valence-corrected chi connectivity index (χ3v) is 3.46. The summed E-state index contributed by atoms with van der Waals surface area (Å²) in [6, 6.07) is 12.3. The van der Waals surface area contributed by atoms with Gasteiger partial charge in [0.2, 0.25) is 0 Å². The largest absolute Gasteiger partial charge is 0.481 e. The van der Waals surface area contributed by atoms with E-state index in [2.05, 4.69) is 0 Å². The molecule has 0 spiro atoms. The van der Waals surface area contributed by atoms with Gasteiger partial charge in [0, 0.05) is 11.4 Å². The van der Waals surface area contributed by atoms with Gasteiger partial charge in [-0.1, -0.05) is 24.3 Å². The molecular formula is C16H16N2O4. The van der Waals surface area contributed by atoms with Crippen LogP contribution in [0.25, 0.3) is 0 Å². The molecule has 6 heteroatoms. The molecule has 2 atom stereocenters. The molecule has 0 bridgehead atoms. The third kappa shape index (κ3) is 3.17. The summed E-state index contributed by atoms with van der Waals surface area (Å²) in [7, 11) is 0. The number of benzene rings is 2. The maximum atomic E-state index is 11.7. The maximum absolute atomic E-state index is 11.7. The molecular weight excluding hydrogens is 284 g/mol. The first-order valence-corrected chi connectivity index (χ1v) is 6.56. The smallest absolute Gasteiger partial charge is 0.312 e.